The van der Waals surface area contributed by atoms with Crippen molar-refractivity contribution < 1.29 is 4.42 Å². The Morgan fingerprint density at radius 3 is 2.81 bits per heavy atom. The van der Waals surface area contributed by atoms with Crippen molar-refractivity contribution in [3.63, 3.8) is 0 Å². The highest BCUT2D eigenvalue weighted by Crippen LogP contribution is 2.05. The molecule has 88 valence electrons. The van der Waals surface area contributed by atoms with E-state index in [1.54, 1.807) is 6.26 Å². The quantitative estimate of drug-likeness (QED) is 0.891. The predicted octanol–water partition coefficient (Wildman–Crippen LogP) is 2.03. The van der Waals surface area contributed by atoms with Gasteiger partial charge in [0.2, 0.25) is 0 Å². The zero-order valence-corrected chi connectivity index (χ0v) is 10.3. The van der Waals surface area contributed by atoms with Gasteiger partial charge in [0.15, 0.2) is 0 Å². The first-order chi connectivity index (χ1) is 7.27. The standard InChI is InChI=1S/C11H15N3O.ClH/c1-9-10(7-13-14(9)2)6-12-8-11-4-3-5-15-11;/h3-5,7,12H,6,8H2,1-2H3;1H. The van der Waals surface area contributed by atoms with Crippen LogP contribution in [0.3, 0.4) is 0 Å². The van der Waals surface area contributed by atoms with Crippen molar-refractivity contribution in [2.75, 3.05) is 0 Å². The number of nitrogens with one attached hydrogen (secondary N) is 1. The van der Waals surface area contributed by atoms with Crippen molar-refractivity contribution in [3.05, 3.63) is 41.6 Å². The van der Waals surface area contributed by atoms with Crippen LogP contribution in [0.5, 0.6) is 0 Å². The molecule has 0 spiro atoms. The molecule has 2 aromatic heterocycles. The maximum absolute atomic E-state index is 5.22. The summed E-state index contributed by atoms with van der Waals surface area (Å²) in [6.07, 6.45) is 3.58. The Labute approximate surface area is 101 Å². The van der Waals surface area contributed by atoms with Gasteiger partial charge in [0.25, 0.3) is 0 Å². The Morgan fingerprint density at radius 1 is 1.44 bits per heavy atom. The van der Waals surface area contributed by atoms with Crippen molar-refractivity contribution in [3.8, 4) is 0 Å². The van der Waals surface area contributed by atoms with E-state index in [-0.39, 0.29) is 12.4 Å². The van der Waals surface area contributed by atoms with Gasteiger partial charge in [-0.15, -0.1) is 12.4 Å². The Balaban J connectivity index is 0.00000128. The molecule has 0 fully saturated rings. The molecule has 2 rings (SSSR count). The van der Waals surface area contributed by atoms with Crippen molar-refractivity contribution in [1.29, 1.82) is 0 Å². The van der Waals surface area contributed by atoms with E-state index in [4.69, 9.17) is 4.42 Å². The molecule has 0 bridgehead atoms. The highest BCUT2D eigenvalue weighted by molar-refractivity contribution is 5.85. The molecule has 5 heteroatoms. The van der Waals surface area contributed by atoms with Gasteiger partial charge in [-0.25, -0.2) is 0 Å². The molecule has 0 radical (unpaired) electrons. The molecule has 2 heterocycles. The van der Waals surface area contributed by atoms with Crippen LogP contribution in [0, 0.1) is 6.92 Å². The molecular formula is C11H16ClN3O. The molecule has 0 aromatic carbocycles. The van der Waals surface area contributed by atoms with Crippen LogP contribution in [0.25, 0.3) is 0 Å². The molecule has 0 saturated heterocycles. The third kappa shape index (κ3) is 2.87. The second kappa shape index (κ2) is 5.72. The number of hydrogen-bond donors (Lipinski definition) is 1. The maximum atomic E-state index is 5.22. The highest BCUT2D eigenvalue weighted by atomic mass is 35.5. The summed E-state index contributed by atoms with van der Waals surface area (Å²) >= 11 is 0. The number of rotatable bonds is 4. The molecule has 0 aliphatic rings. The van der Waals surface area contributed by atoms with Gasteiger partial charge in [0, 0.05) is 24.8 Å². The van der Waals surface area contributed by atoms with E-state index >= 15 is 0 Å². The van der Waals surface area contributed by atoms with Gasteiger partial charge in [-0.3, -0.25) is 4.68 Å². The first-order valence-corrected chi connectivity index (χ1v) is 4.98. The molecule has 0 aliphatic heterocycles. The average molecular weight is 242 g/mol. The molecule has 0 atom stereocenters. The second-order valence-electron chi connectivity index (χ2n) is 3.56. The lowest BCUT2D eigenvalue weighted by atomic mass is 10.2. The molecule has 16 heavy (non-hydrogen) atoms. The molecule has 0 unspecified atom stereocenters. The van der Waals surface area contributed by atoms with E-state index in [1.165, 1.54) is 11.3 Å². The summed E-state index contributed by atoms with van der Waals surface area (Å²) in [5.74, 6) is 0.955. The Bertz CT molecular complexity index is 422. The monoisotopic (exact) mass is 241 g/mol. The summed E-state index contributed by atoms with van der Waals surface area (Å²) in [7, 11) is 1.95. The fourth-order valence-corrected chi connectivity index (χ4v) is 1.45. The topological polar surface area (TPSA) is 43.0 Å². The summed E-state index contributed by atoms with van der Waals surface area (Å²) in [5.41, 5.74) is 2.42. The minimum Gasteiger partial charge on any atom is -0.468 e. The van der Waals surface area contributed by atoms with Crippen molar-refractivity contribution >= 4 is 12.4 Å². The fourth-order valence-electron chi connectivity index (χ4n) is 1.45. The molecule has 0 saturated carbocycles. The van der Waals surface area contributed by atoms with Crippen LogP contribution in [-0.2, 0) is 20.1 Å². The zero-order chi connectivity index (χ0) is 10.7. The van der Waals surface area contributed by atoms with Crippen molar-refractivity contribution in [2.45, 2.75) is 20.0 Å². The van der Waals surface area contributed by atoms with Crippen LogP contribution in [0.1, 0.15) is 17.0 Å². The average Bonchev–Trinajstić information content (AvgIpc) is 2.83. The summed E-state index contributed by atoms with van der Waals surface area (Å²) in [6, 6.07) is 3.86. The third-order valence-corrected chi connectivity index (χ3v) is 2.53. The summed E-state index contributed by atoms with van der Waals surface area (Å²) in [6.45, 7) is 3.64. The normalized spacial score (nSPS) is 10.1. The van der Waals surface area contributed by atoms with Crippen LogP contribution < -0.4 is 5.32 Å². The lowest BCUT2D eigenvalue weighted by molar-refractivity contribution is 0.482. The zero-order valence-electron chi connectivity index (χ0n) is 9.43. The van der Waals surface area contributed by atoms with Gasteiger partial charge in [-0.1, -0.05) is 0 Å². The first kappa shape index (κ1) is 12.8. The minimum atomic E-state index is 0. The molecule has 1 N–H and O–H groups in total. The second-order valence-corrected chi connectivity index (χ2v) is 3.56. The Kier molecular flexibility index (Phi) is 4.58. The van der Waals surface area contributed by atoms with Gasteiger partial charge in [-0.05, 0) is 19.1 Å². The van der Waals surface area contributed by atoms with Crippen molar-refractivity contribution in [1.82, 2.24) is 15.1 Å². The third-order valence-electron chi connectivity index (χ3n) is 2.53. The smallest absolute Gasteiger partial charge is 0.117 e. The number of aromatic nitrogens is 2. The highest BCUT2D eigenvalue weighted by Gasteiger charge is 2.02. The molecule has 4 nitrogen and oxygen atoms in total. The molecule has 0 aliphatic carbocycles. The number of aryl methyl sites for hydroxylation is 1. The van der Waals surface area contributed by atoms with Crippen LogP contribution in [0.4, 0.5) is 0 Å². The van der Waals surface area contributed by atoms with Crippen LogP contribution in [0.2, 0.25) is 0 Å². The summed E-state index contributed by atoms with van der Waals surface area (Å²) in [5, 5.41) is 7.50. The fraction of sp³-hybridized carbons (Fsp3) is 0.364. The first-order valence-electron chi connectivity index (χ1n) is 4.98. The number of furan rings is 1. The van der Waals surface area contributed by atoms with Gasteiger partial charge in [-0.2, -0.15) is 5.10 Å². The number of nitrogens with zero attached hydrogens (tertiary/aromatic N) is 2. The SMILES string of the molecule is Cc1c(CNCc2ccco2)cnn1C.Cl. The van der Waals surface area contributed by atoms with E-state index in [0.29, 0.717) is 0 Å². The Hall–Kier alpha value is -1.26. The van der Waals surface area contributed by atoms with E-state index < -0.39 is 0 Å². The van der Waals surface area contributed by atoms with Gasteiger partial charge < -0.3 is 9.73 Å². The molecule has 2 aromatic rings. The predicted molar refractivity (Wildman–Crippen MR) is 64.4 cm³/mol. The van der Waals surface area contributed by atoms with Crippen LogP contribution in [-0.4, -0.2) is 9.78 Å². The minimum absolute atomic E-state index is 0. The maximum Gasteiger partial charge on any atom is 0.117 e. The van der Waals surface area contributed by atoms with Crippen LogP contribution in [0.15, 0.2) is 29.0 Å². The van der Waals surface area contributed by atoms with E-state index in [0.717, 1.165) is 18.8 Å². The van der Waals surface area contributed by atoms with Crippen LogP contribution >= 0.6 is 12.4 Å². The van der Waals surface area contributed by atoms with Gasteiger partial charge >= 0.3 is 0 Å². The largest absolute Gasteiger partial charge is 0.468 e. The van der Waals surface area contributed by atoms with Gasteiger partial charge in [0.05, 0.1) is 19.0 Å². The van der Waals surface area contributed by atoms with Gasteiger partial charge in [0.1, 0.15) is 5.76 Å². The lowest BCUT2D eigenvalue weighted by Gasteiger charge is -2.02. The molecular weight excluding hydrogens is 226 g/mol. The Morgan fingerprint density at radius 2 is 2.25 bits per heavy atom. The van der Waals surface area contributed by atoms with Crippen molar-refractivity contribution in [2.24, 2.45) is 7.05 Å². The summed E-state index contributed by atoms with van der Waals surface area (Å²) in [4.78, 5) is 0. The van der Waals surface area contributed by atoms with E-state index in [9.17, 15) is 0 Å². The van der Waals surface area contributed by atoms with E-state index in [1.807, 2.05) is 30.1 Å². The van der Waals surface area contributed by atoms with E-state index in [2.05, 4.69) is 17.3 Å². The lowest BCUT2D eigenvalue weighted by Crippen LogP contribution is -2.12. The summed E-state index contributed by atoms with van der Waals surface area (Å²) < 4.78 is 7.10. The number of halogens is 1. The molecule has 0 amide bonds. The number of hydrogen-bond acceptors (Lipinski definition) is 3.